The number of guanidine groups is 1. The van der Waals surface area contributed by atoms with E-state index in [4.69, 9.17) is 14.7 Å². The van der Waals surface area contributed by atoms with Crippen molar-refractivity contribution in [3.05, 3.63) is 65.1 Å². The quantitative estimate of drug-likeness (QED) is 0.268. The molecule has 0 saturated heterocycles. The Balaban J connectivity index is 0.00000320. The summed E-state index contributed by atoms with van der Waals surface area (Å²) in [6.45, 7) is 8.55. The Morgan fingerprint density at radius 1 is 1.13 bits per heavy atom. The first-order valence-electron chi connectivity index (χ1n) is 10.2. The van der Waals surface area contributed by atoms with Gasteiger partial charge in [0.1, 0.15) is 11.4 Å². The minimum absolute atomic E-state index is 0. The summed E-state index contributed by atoms with van der Waals surface area (Å²) < 4.78 is 7.49. The van der Waals surface area contributed by atoms with Gasteiger partial charge in [0, 0.05) is 38.4 Å². The number of pyridine rings is 1. The number of hydrogen-bond donors (Lipinski definition) is 2. The third kappa shape index (κ3) is 6.35. The molecule has 7 heteroatoms. The van der Waals surface area contributed by atoms with Crippen LogP contribution >= 0.6 is 24.0 Å². The third-order valence-corrected chi connectivity index (χ3v) is 4.89. The monoisotopic (exact) mass is 521 g/mol. The van der Waals surface area contributed by atoms with Crippen molar-refractivity contribution in [2.45, 2.75) is 33.6 Å². The molecule has 1 aromatic carbocycles. The molecule has 0 aliphatic heterocycles. The summed E-state index contributed by atoms with van der Waals surface area (Å²) in [7, 11) is 1.71. The van der Waals surface area contributed by atoms with E-state index in [9.17, 15) is 0 Å². The molecule has 2 aromatic heterocycles. The number of imidazole rings is 1. The van der Waals surface area contributed by atoms with Gasteiger partial charge in [0.25, 0.3) is 0 Å². The minimum Gasteiger partial charge on any atom is -0.496 e. The van der Waals surface area contributed by atoms with Crippen molar-refractivity contribution in [3.8, 4) is 5.75 Å². The van der Waals surface area contributed by atoms with E-state index in [2.05, 4.69) is 66.3 Å². The second kappa shape index (κ2) is 11.8. The maximum atomic E-state index is 5.41. The van der Waals surface area contributed by atoms with E-state index in [1.165, 1.54) is 11.1 Å². The molecule has 6 nitrogen and oxygen atoms in total. The average molecular weight is 521 g/mol. The Bertz CT molecular complexity index is 983. The first-order chi connectivity index (χ1) is 14.1. The molecular formula is C23H32IN5O. The van der Waals surface area contributed by atoms with Crippen LogP contribution in [0.25, 0.3) is 5.65 Å². The lowest BCUT2D eigenvalue weighted by molar-refractivity contribution is 0.411. The number of hydrogen-bond acceptors (Lipinski definition) is 3. The predicted octanol–water partition coefficient (Wildman–Crippen LogP) is 3.92. The lowest BCUT2D eigenvalue weighted by Gasteiger charge is -2.12. The van der Waals surface area contributed by atoms with Crippen molar-refractivity contribution < 1.29 is 4.74 Å². The van der Waals surface area contributed by atoms with E-state index in [1.54, 1.807) is 7.11 Å². The summed E-state index contributed by atoms with van der Waals surface area (Å²) in [6.07, 6.45) is 5.84. The van der Waals surface area contributed by atoms with Gasteiger partial charge >= 0.3 is 0 Å². The maximum Gasteiger partial charge on any atom is 0.191 e. The summed E-state index contributed by atoms with van der Waals surface area (Å²) >= 11 is 0. The molecule has 0 radical (unpaired) electrons. The van der Waals surface area contributed by atoms with Crippen LogP contribution in [-0.2, 0) is 12.8 Å². The van der Waals surface area contributed by atoms with Gasteiger partial charge in [0.05, 0.1) is 12.8 Å². The lowest BCUT2D eigenvalue weighted by atomic mass is 10.1. The molecule has 162 valence electrons. The molecule has 3 rings (SSSR count). The number of methoxy groups -OCH3 is 1. The van der Waals surface area contributed by atoms with Crippen LogP contribution < -0.4 is 15.4 Å². The largest absolute Gasteiger partial charge is 0.496 e. The molecule has 0 aliphatic rings. The SMILES string of the molecule is CCNC(=NCCc1cn2cccc(C)c2n1)NCCc1ccc(C)c(OC)c1.I. The highest BCUT2D eigenvalue weighted by atomic mass is 127. The first kappa shape index (κ1) is 24.0. The third-order valence-electron chi connectivity index (χ3n) is 4.89. The highest BCUT2D eigenvalue weighted by molar-refractivity contribution is 14.0. The normalized spacial score (nSPS) is 11.3. The Labute approximate surface area is 196 Å². The van der Waals surface area contributed by atoms with Crippen molar-refractivity contribution in [2.24, 2.45) is 4.99 Å². The molecule has 0 amide bonds. The fourth-order valence-corrected chi connectivity index (χ4v) is 3.29. The zero-order chi connectivity index (χ0) is 20.6. The van der Waals surface area contributed by atoms with E-state index < -0.39 is 0 Å². The van der Waals surface area contributed by atoms with E-state index in [1.807, 2.05) is 12.3 Å². The molecule has 0 unspecified atom stereocenters. The van der Waals surface area contributed by atoms with Crippen LogP contribution in [0.4, 0.5) is 0 Å². The number of ether oxygens (including phenoxy) is 1. The smallest absolute Gasteiger partial charge is 0.191 e. The van der Waals surface area contributed by atoms with Gasteiger partial charge < -0.3 is 19.8 Å². The Morgan fingerprint density at radius 2 is 1.97 bits per heavy atom. The Kier molecular flexibility index (Phi) is 9.42. The number of nitrogens with one attached hydrogen (secondary N) is 2. The van der Waals surface area contributed by atoms with Gasteiger partial charge in [-0.15, -0.1) is 24.0 Å². The topological polar surface area (TPSA) is 63.0 Å². The zero-order valence-electron chi connectivity index (χ0n) is 18.2. The number of nitrogens with zero attached hydrogens (tertiary/aromatic N) is 3. The molecule has 3 aromatic rings. The number of benzene rings is 1. The van der Waals surface area contributed by atoms with Crippen molar-refractivity contribution in [1.82, 2.24) is 20.0 Å². The van der Waals surface area contributed by atoms with Crippen molar-refractivity contribution in [1.29, 1.82) is 0 Å². The Morgan fingerprint density at radius 3 is 2.70 bits per heavy atom. The summed E-state index contributed by atoms with van der Waals surface area (Å²) in [5, 5.41) is 6.73. The van der Waals surface area contributed by atoms with Crippen molar-refractivity contribution in [2.75, 3.05) is 26.7 Å². The number of aromatic nitrogens is 2. The summed E-state index contributed by atoms with van der Waals surface area (Å²) in [6, 6.07) is 10.5. The van der Waals surface area contributed by atoms with Crippen LogP contribution in [0.5, 0.6) is 5.75 Å². The van der Waals surface area contributed by atoms with Gasteiger partial charge in [-0.3, -0.25) is 4.99 Å². The summed E-state index contributed by atoms with van der Waals surface area (Å²) in [5.74, 6) is 1.78. The average Bonchev–Trinajstić information content (AvgIpc) is 3.13. The maximum absolute atomic E-state index is 5.41. The fraction of sp³-hybridized carbons (Fsp3) is 0.391. The van der Waals surface area contributed by atoms with E-state index in [0.717, 1.165) is 54.5 Å². The van der Waals surface area contributed by atoms with Crippen molar-refractivity contribution in [3.63, 3.8) is 0 Å². The highest BCUT2D eigenvalue weighted by Gasteiger charge is 2.05. The van der Waals surface area contributed by atoms with Crippen LogP contribution in [0.15, 0.2) is 47.7 Å². The van der Waals surface area contributed by atoms with Gasteiger partial charge in [0.2, 0.25) is 0 Å². The van der Waals surface area contributed by atoms with Gasteiger partial charge in [-0.25, -0.2) is 4.98 Å². The lowest BCUT2D eigenvalue weighted by Crippen LogP contribution is -2.38. The number of halogens is 1. The molecule has 0 atom stereocenters. The van der Waals surface area contributed by atoms with Crippen LogP contribution in [0.3, 0.4) is 0 Å². The minimum atomic E-state index is 0. The molecule has 2 N–H and O–H groups in total. The van der Waals surface area contributed by atoms with Gasteiger partial charge in [-0.05, 0) is 56.0 Å². The zero-order valence-corrected chi connectivity index (χ0v) is 20.6. The predicted molar refractivity (Wildman–Crippen MR) is 134 cm³/mol. The van der Waals surface area contributed by atoms with Gasteiger partial charge in [-0.2, -0.15) is 0 Å². The van der Waals surface area contributed by atoms with Crippen LogP contribution in [0, 0.1) is 13.8 Å². The molecule has 30 heavy (non-hydrogen) atoms. The van der Waals surface area contributed by atoms with Crippen molar-refractivity contribution >= 4 is 35.6 Å². The fourth-order valence-electron chi connectivity index (χ4n) is 3.29. The van der Waals surface area contributed by atoms with Gasteiger partial charge in [0.15, 0.2) is 5.96 Å². The molecule has 0 fully saturated rings. The molecule has 0 bridgehead atoms. The van der Waals surface area contributed by atoms with Crippen LogP contribution in [0.1, 0.15) is 29.3 Å². The van der Waals surface area contributed by atoms with Crippen LogP contribution in [-0.4, -0.2) is 42.1 Å². The second-order valence-electron chi connectivity index (χ2n) is 7.15. The molecule has 2 heterocycles. The molecule has 0 saturated carbocycles. The molecule has 0 spiro atoms. The number of aryl methyl sites for hydroxylation is 2. The molecular weight excluding hydrogens is 489 g/mol. The Hall–Kier alpha value is -2.29. The van der Waals surface area contributed by atoms with E-state index in [0.29, 0.717) is 6.54 Å². The van der Waals surface area contributed by atoms with Crippen LogP contribution in [0.2, 0.25) is 0 Å². The standard InChI is InChI=1S/C23H31N5O.HI/c1-5-24-23(25-12-10-19-9-8-17(2)21(15-19)29-4)26-13-11-20-16-28-14-6-7-18(3)22(28)27-20;/h6-9,14-16H,5,10-13H2,1-4H3,(H2,24,25,26);1H. The summed E-state index contributed by atoms with van der Waals surface area (Å²) in [4.78, 5) is 9.42. The van der Waals surface area contributed by atoms with E-state index >= 15 is 0 Å². The van der Waals surface area contributed by atoms with E-state index in [-0.39, 0.29) is 24.0 Å². The number of rotatable bonds is 8. The number of aliphatic imine (C=N–C) groups is 1. The van der Waals surface area contributed by atoms with Gasteiger partial charge in [-0.1, -0.05) is 18.2 Å². The molecule has 0 aliphatic carbocycles. The first-order valence-corrected chi connectivity index (χ1v) is 10.2. The second-order valence-corrected chi connectivity index (χ2v) is 7.15. The summed E-state index contributed by atoms with van der Waals surface area (Å²) in [5.41, 5.74) is 5.66. The number of fused-ring (bicyclic) bond motifs is 1. The highest BCUT2D eigenvalue weighted by Crippen LogP contribution is 2.19.